The zero-order valence-electron chi connectivity index (χ0n) is 8.68. The van der Waals surface area contributed by atoms with E-state index in [2.05, 4.69) is 41.9 Å². The molecule has 0 amide bonds. The van der Waals surface area contributed by atoms with Crippen LogP contribution in [0.3, 0.4) is 0 Å². The highest BCUT2D eigenvalue weighted by Crippen LogP contribution is 2.40. The minimum absolute atomic E-state index is 0.250. The quantitative estimate of drug-likeness (QED) is 0.859. The molecule has 1 aromatic carbocycles. The summed E-state index contributed by atoms with van der Waals surface area (Å²) in [5.41, 5.74) is 10.0. The lowest BCUT2D eigenvalue weighted by Crippen LogP contribution is -2.12. The van der Waals surface area contributed by atoms with Gasteiger partial charge in [0.2, 0.25) is 0 Å². The van der Waals surface area contributed by atoms with Gasteiger partial charge >= 0.3 is 0 Å². The molecule has 1 aliphatic carbocycles. The lowest BCUT2D eigenvalue weighted by atomic mass is 9.99. The van der Waals surface area contributed by atoms with Crippen LogP contribution in [0, 0.1) is 19.8 Å². The van der Waals surface area contributed by atoms with E-state index in [1.807, 2.05) is 0 Å². The molecule has 1 nitrogen and oxygen atoms in total. The maximum Gasteiger partial charge on any atom is 0.0323 e. The van der Waals surface area contributed by atoms with Gasteiger partial charge in [-0.05, 0) is 49.3 Å². The lowest BCUT2D eigenvalue weighted by Gasteiger charge is -2.14. The first kappa shape index (κ1) is 10.2. The van der Waals surface area contributed by atoms with E-state index in [-0.39, 0.29) is 6.04 Å². The molecule has 1 atom stereocenters. The molecule has 0 aromatic heterocycles. The molecule has 14 heavy (non-hydrogen) atoms. The van der Waals surface area contributed by atoms with Crippen LogP contribution in [0.4, 0.5) is 0 Å². The average molecular weight is 254 g/mol. The molecule has 1 saturated carbocycles. The normalized spacial score (nSPS) is 18.3. The third kappa shape index (κ3) is 1.86. The SMILES string of the molecule is Cc1cc(C(N)C2CC2)cc(C)c1Br. The van der Waals surface area contributed by atoms with Crippen molar-refractivity contribution in [2.75, 3.05) is 0 Å². The second-order valence-electron chi connectivity index (χ2n) is 4.33. The maximum atomic E-state index is 6.17. The summed E-state index contributed by atoms with van der Waals surface area (Å²) in [4.78, 5) is 0. The lowest BCUT2D eigenvalue weighted by molar-refractivity contribution is 0.632. The first-order valence-electron chi connectivity index (χ1n) is 5.12. The number of benzene rings is 1. The molecule has 1 fully saturated rings. The van der Waals surface area contributed by atoms with Crippen LogP contribution in [-0.4, -0.2) is 0 Å². The number of hydrogen-bond acceptors (Lipinski definition) is 1. The molecule has 1 aliphatic rings. The highest BCUT2D eigenvalue weighted by atomic mass is 79.9. The molecule has 1 unspecified atom stereocenters. The van der Waals surface area contributed by atoms with Gasteiger partial charge in [-0.1, -0.05) is 28.1 Å². The molecule has 2 N–H and O–H groups in total. The fourth-order valence-corrected chi connectivity index (χ4v) is 2.13. The third-order valence-corrected chi connectivity index (χ3v) is 4.22. The highest BCUT2D eigenvalue weighted by molar-refractivity contribution is 9.10. The van der Waals surface area contributed by atoms with Crippen LogP contribution in [0.15, 0.2) is 16.6 Å². The molecule has 0 saturated heterocycles. The molecular formula is C12H16BrN. The van der Waals surface area contributed by atoms with E-state index in [4.69, 9.17) is 5.73 Å². The molecule has 2 rings (SSSR count). The molecule has 0 radical (unpaired) electrons. The summed E-state index contributed by atoms with van der Waals surface area (Å²) in [5, 5.41) is 0. The smallest absolute Gasteiger partial charge is 0.0323 e. The van der Waals surface area contributed by atoms with Gasteiger partial charge in [-0.3, -0.25) is 0 Å². The van der Waals surface area contributed by atoms with Crippen molar-refractivity contribution in [2.45, 2.75) is 32.7 Å². The predicted molar refractivity (Wildman–Crippen MR) is 63.3 cm³/mol. The third-order valence-electron chi connectivity index (χ3n) is 2.97. The Hall–Kier alpha value is -0.340. The summed E-state index contributed by atoms with van der Waals surface area (Å²) in [6, 6.07) is 4.67. The standard InChI is InChI=1S/C12H16BrN/c1-7-5-10(6-8(2)11(7)13)12(14)9-3-4-9/h5-6,9,12H,3-4,14H2,1-2H3. The second kappa shape index (κ2) is 3.67. The van der Waals surface area contributed by atoms with Gasteiger partial charge in [0, 0.05) is 10.5 Å². The monoisotopic (exact) mass is 253 g/mol. The van der Waals surface area contributed by atoms with Gasteiger partial charge < -0.3 is 5.73 Å². The first-order valence-corrected chi connectivity index (χ1v) is 5.91. The summed E-state index contributed by atoms with van der Waals surface area (Å²) < 4.78 is 1.21. The Labute approximate surface area is 93.8 Å². The van der Waals surface area contributed by atoms with Gasteiger partial charge in [0.15, 0.2) is 0 Å². The van der Waals surface area contributed by atoms with Crippen LogP contribution in [0.5, 0.6) is 0 Å². The zero-order chi connectivity index (χ0) is 10.3. The first-order chi connectivity index (χ1) is 6.59. The molecule has 1 aromatic rings. The highest BCUT2D eigenvalue weighted by Gasteiger charge is 2.29. The Kier molecular flexibility index (Phi) is 2.67. The van der Waals surface area contributed by atoms with Gasteiger partial charge in [-0.2, -0.15) is 0 Å². The number of hydrogen-bond donors (Lipinski definition) is 1. The Bertz CT molecular complexity index is 332. The van der Waals surface area contributed by atoms with Crippen molar-refractivity contribution < 1.29 is 0 Å². The minimum atomic E-state index is 0.250. The van der Waals surface area contributed by atoms with Crippen molar-refractivity contribution in [1.29, 1.82) is 0 Å². The maximum absolute atomic E-state index is 6.17. The van der Waals surface area contributed by atoms with E-state index in [1.54, 1.807) is 0 Å². The molecule has 0 heterocycles. The van der Waals surface area contributed by atoms with E-state index < -0.39 is 0 Å². The molecular weight excluding hydrogens is 238 g/mol. The van der Waals surface area contributed by atoms with Gasteiger partial charge in [0.25, 0.3) is 0 Å². The van der Waals surface area contributed by atoms with Crippen LogP contribution >= 0.6 is 15.9 Å². The number of aryl methyl sites for hydroxylation is 2. The summed E-state index contributed by atoms with van der Waals surface area (Å²) in [6.45, 7) is 4.25. The molecule has 2 heteroatoms. The summed E-state index contributed by atoms with van der Waals surface area (Å²) in [5.74, 6) is 0.731. The van der Waals surface area contributed by atoms with Crippen LogP contribution in [0.25, 0.3) is 0 Å². The summed E-state index contributed by atoms with van der Waals surface area (Å²) in [7, 11) is 0. The van der Waals surface area contributed by atoms with Crippen LogP contribution in [0.1, 0.15) is 35.6 Å². The summed E-state index contributed by atoms with van der Waals surface area (Å²) in [6.07, 6.45) is 2.60. The Morgan fingerprint density at radius 2 is 1.79 bits per heavy atom. The Morgan fingerprint density at radius 3 is 2.21 bits per heavy atom. The molecule has 76 valence electrons. The van der Waals surface area contributed by atoms with Crippen molar-refractivity contribution in [2.24, 2.45) is 11.7 Å². The fourth-order valence-electron chi connectivity index (χ4n) is 1.90. The number of halogens is 1. The van der Waals surface area contributed by atoms with Crippen molar-refractivity contribution in [3.8, 4) is 0 Å². The predicted octanol–water partition coefficient (Wildman–Crippen LogP) is 3.48. The van der Waals surface area contributed by atoms with Crippen LogP contribution in [-0.2, 0) is 0 Å². The summed E-state index contributed by atoms with van der Waals surface area (Å²) >= 11 is 3.57. The van der Waals surface area contributed by atoms with Crippen molar-refractivity contribution in [3.63, 3.8) is 0 Å². The second-order valence-corrected chi connectivity index (χ2v) is 5.12. The van der Waals surface area contributed by atoms with E-state index in [0.29, 0.717) is 0 Å². The van der Waals surface area contributed by atoms with Gasteiger partial charge in [0.05, 0.1) is 0 Å². The fraction of sp³-hybridized carbons (Fsp3) is 0.500. The van der Waals surface area contributed by atoms with Crippen molar-refractivity contribution in [3.05, 3.63) is 33.3 Å². The average Bonchev–Trinajstić information content (AvgIpc) is 2.95. The Morgan fingerprint density at radius 1 is 1.29 bits per heavy atom. The van der Waals surface area contributed by atoms with Crippen LogP contribution in [0.2, 0.25) is 0 Å². The van der Waals surface area contributed by atoms with Crippen molar-refractivity contribution in [1.82, 2.24) is 0 Å². The largest absolute Gasteiger partial charge is 0.324 e. The van der Waals surface area contributed by atoms with E-state index >= 15 is 0 Å². The van der Waals surface area contributed by atoms with Gasteiger partial charge in [-0.15, -0.1) is 0 Å². The van der Waals surface area contributed by atoms with E-state index in [9.17, 15) is 0 Å². The molecule has 0 spiro atoms. The van der Waals surface area contributed by atoms with Gasteiger partial charge in [-0.25, -0.2) is 0 Å². The van der Waals surface area contributed by atoms with E-state index in [0.717, 1.165) is 5.92 Å². The molecule has 0 bridgehead atoms. The molecule has 0 aliphatic heterocycles. The number of rotatable bonds is 2. The van der Waals surface area contributed by atoms with E-state index in [1.165, 1.54) is 34.0 Å². The zero-order valence-corrected chi connectivity index (χ0v) is 10.3. The van der Waals surface area contributed by atoms with Crippen molar-refractivity contribution >= 4 is 15.9 Å². The van der Waals surface area contributed by atoms with Crippen LogP contribution < -0.4 is 5.73 Å². The Balaban J connectivity index is 2.34. The minimum Gasteiger partial charge on any atom is -0.324 e. The van der Waals surface area contributed by atoms with Gasteiger partial charge in [0.1, 0.15) is 0 Å². The number of nitrogens with two attached hydrogens (primary N) is 1. The topological polar surface area (TPSA) is 26.0 Å².